The average molecular weight is 554 g/mol. The van der Waals surface area contributed by atoms with Gasteiger partial charge in [-0.2, -0.15) is 0 Å². The number of hydrogen-bond acceptors (Lipinski definition) is 4. The molecule has 3 aromatic carbocycles. The van der Waals surface area contributed by atoms with Crippen LogP contribution < -0.4 is 19.9 Å². The number of nitrogens with zero attached hydrogens (tertiary/aromatic N) is 2. The van der Waals surface area contributed by atoms with Crippen LogP contribution in [0.2, 0.25) is 0 Å². The number of rotatable bonds is 5. The number of hydrogen-bond donors (Lipinski definition) is 1. The molecular formula is C33H32FN3O4. The van der Waals surface area contributed by atoms with E-state index in [1.165, 1.54) is 49.1 Å². The van der Waals surface area contributed by atoms with Gasteiger partial charge in [0.25, 0.3) is 11.8 Å². The number of anilines is 3. The molecule has 0 radical (unpaired) electrons. The predicted octanol–water partition coefficient (Wildman–Crippen LogP) is 6.07. The topological polar surface area (TPSA) is 79.0 Å². The lowest BCUT2D eigenvalue weighted by Gasteiger charge is -2.55. The van der Waals surface area contributed by atoms with E-state index in [0.29, 0.717) is 35.7 Å². The third kappa shape index (κ3) is 4.75. The van der Waals surface area contributed by atoms with E-state index in [2.05, 4.69) is 5.32 Å². The smallest absolute Gasteiger partial charge is 0.410 e. The highest BCUT2D eigenvalue weighted by molar-refractivity contribution is 6.23. The van der Waals surface area contributed by atoms with Crippen LogP contribution in [0.25, 0.3) is 0 Å². The van der Waals surface area contributed by atoms with Crippen LogP contribution in [-0.2, 0) is 9.59 Å². The first-order chi connectivity index (χ1) is 19.9. The fraction of sp³-hybridized carbons (Fsp3) is 0.364. The molecule has 1 N–H and O–H groups in total. The molecule has 41 heavy (non-hydrogen) atoms. The summed E-state index contributed by atoms with van der Waals surface area (Å²) in [7, 11) is 0. The van der Waals surface area contributed by atoms with Crippen molar-refractivity contribution in [2.75, 3.05) is 16.3 Å². The molecule has 7 nitrogen and oxygen atoms in total. The minimum absolute atomic E-state index is 0.277. The van der Waals surface area contributed by atoms with Gasteiger partial charge in [-0.25, -0.2) is 9.18 Å². The van der Waals surface area contributed by atoms with Gasteiger partial charge in [0.05, 0.1) is 11.4 Å². The Bertz CT molecular complexity index is 1450. The molecule has 4 fully saturated rings. The van der Waals surface area contributed by atoms with Crippen molar-refractivity contribution in [3.05, 3.63) is 84.7 Å². The van der Waals surface area contributed by atoms with Gasteiger partial charge in [0.15, 0.2) is 6.04 Å². The van der Waals surface area contributed by atoms with Crippen molar-refractivity contribution in [1.29, 1.82) is 0 Å². The Morgan fingerprint density at radius 2 is 1.44 bits per heavy atom. The molecule has 1 unspecified atom stereocenters. The second kappa shape index (κ2) is 10.3. The van der Waals surface area contributed by atoms with Crippen LogP contribution in [0, 0.1) is 35.4 Å². The largest absolute Gasteiger partial charge is 0.413 e. The minimum atomic E-state index is -1.56. The highest BCUT2D eigenvalue weighted by atomic mass is 19.1. The second-order valence-electron chi connectivity index (χ2n) is 12.0. The van der Waals surface area contributed by atoms with E-state index in [9.17, 15) is 18.8 Å². The molecule has 8 rings (SSSR count). The van der Waals surface area contributed by atoms with Crippen molar-refractivity contribution >= 4 is 35.0 Å². The molecule has 8 heteroatoms. The fourth-order valence-corrected chi connectivity index (χ4v) is 7.98. The molecule has 1 aliphatic heterocycles. The van der Waals surface area contributed by atoms with Gasteiger partial charge in [0, 0.05) is 18.3 Å². The zero-order chi connectivity index (χ0) is 28.1. The standard InChI is InChI=1S/C33H32FN3O4/c34-24-11-12-28-29(18-24)37(25-7-3-1-4-8-25)32(39)30(35-33(40)41-26-9-5-2-6-10-26)31(38)36(28)19-27-22-14-20-13-21(16-22)17-23(27)15-20/h1-12,18,20-23,27,30H,13-17,19H2,(H,35,40). The van der Waals surface area contributed by atoms with E-state index >= 15 is 0 Å². The Morgan fingerprint density at radius 1 is 0.805 bits per heavy atom. The Kier molecular flexibility index (Phi) is 6.48. The number of carbonyl (C=O) groups excluding carboxylic acids is 3. The molecule has 0 spiro atoms. The Morgan fingerprint density at radius 3 is 2.10 bits per heavy atom. The monoisotopic (exact) mass is 553 g/mol. The number of fused-ring (bicyclic) bond motifs is 1. The predicted molar refractivity (Wildman–Crippen MR) is 152 cm³/mol. The number of ether oxygens (including phenoxy) is 1. The maximum absolute atomic E-state index is 14.8. The summed E-state index contributed by atoms with van der Waals surface area (Å²) in [5.41, 5.74) is 1.21. The van der Waals surface area contributed by atoms with Crippen molar-refractivity contribution in [2.24, 2.45) is 29.6 Å². The first kappa shape index (κ1) is 25.7. The Hall–Kier alpha value is -4.20. The number of halogens is 1. The molecule has 0 saturated heterocycles. The van der Waals surface area contributed by atoms with E-state index in [1.807, 2.05) is 6.07 Å². The summed E-state index contributed by atoms with van der Waals surface area (Å²) >= 11 is 0. The highest BCUT2D eigenvalue weighted by Gasteiger charge is 2.50. The summed E-state index contributed by atoms with van der Waals surface area (Å²) < 4.78 is 20.2. The van der Waals surface area contributed by atoms with E-state index in [1.54, 1.807) is 65.6 Å². The Labute approximate surface area is 238 Å². The highest BCUT2D eigenvalue weighted by Crippen LogP contribution is 2.57. The third-order valence-corrected chi connectivity index (χ3v) is 9.50. The molecular weight excluding hydrogens is 521 g/mol. The van der Waals surface area contributed by atoms with Gasteiger partial charge in [0.2, 0.25) is 0 Å². The van der Waals surface area contributed by atoms with Crippen molar-refractivity contribution in [2.45, 2.75) is 38.1 Å². The maximum Gasteiger partial charge on any atom is 0.413 e. The van der Waals surface area contributed by atoms with E-state index < -0.39 is 29.8 Å². The van der Waals surface area contributed by atoms with Crippen LogP contribution in [-0.4, -0.2) is 30.5 Å². The summed E-state index contributed by atoms with van der Waals surface area (Å²) in [6, 6.07) is 19.9. The van der Waals surface area contributed by atoms with Crippen LogP contribution in [0.5, 0.6) is 5.75 Å². The van der Waals surface area contributed by atoms with Crippen molar-refractivity contribution < 1.29 is 23.5 Å². The number of benzene rings is 3. The molecule has 1 atom stereocenters. The lowest BCUT2D eigenvalue weighted by molar-refractivity contribution is -0.129. The first-order valence-electron chi connectivity index (χ1n) is 14.5. The van der Waals surface area contributed by atoms with Crippen LogP contribution >= 0.6 is 0 Å². The molecule has 210 valence electrons. The molecule has 3 amide bonds. The lowest BCUT2D eigenvalue weighted by atomic mass is 9.52. The quantitative estimate of drug-likeness (QED) is 0.389. The molecule has 0 aromatic heterocycles. The van der Waals surface area contributed by atoms with Crippen LogP contribution in [0.15, 0.2) is 78.9 Å². The zero-order valence-corrected chi connectivity index (χ0v) is 22.6. The number of amides is 3. The van der Waals surface area contributed by atoms with Crippen molar-refractivity contribution in [3.63, 3.8) is 0 Å². The van der Waals surface area contributed by atoms with Crippen molar-refractivity contribution in [3.8, 4) is 5.75 Å². The number of carbonyl (C=O) groups is 3. The van der Waals surface area contributed by atoms with Gasteiger partial charge in [-0.05, 0) is 98.1 Å². The van der Waals surface area contributed by atoms with E-state index in [-0.39, 0.29) is 11.4 Å². The zero-order valence-electron chi connectivity index (χ0n) is 22.6. The van der Waals surface area contributed by atoms with Gasteiger partial charge in [-0.1, -0.05) is 36.4 Å². The summed E-state index contributed by atoms with van der Waals surface area (Å²) in [6.07, 6.45) is 5.11. The number of nitrogens with one attached hydrogen (secondary N) is 1. The van der Waals surface area contributed by atoms with Gasteiger partial charge >= 0.3 is 6.09 Å². The SMILES string of the molecule is O=C(NC1C(=O)N(CC2C3CC4CC(C3)CC2C4)c2ccc(F)cc2N(c2ccccc2)C1=O)Oc1ccccc1. The van der Waals surface area contributed by atoms with Gasteiger partial charge in [-0.3, -0.25) is 14.5 Å². The molecule has 4 aliphatic carbocycles. The molecule has 4 bridgehead atoms. The van der Waals surface area contributed by atoms with Gasteiger partial charge in [-0.15, -0.1) is 0 Å². The van der Waals surface area contributed by atoms with E-state index in [4.69, 9.17) is 4.74 Å². The summed E-state index contributed by atoms with van der Waals surface area (Å²) in [5.74, 6) is 1.44. The van der Waals surface area contributed by atoms with Crippen molar-refractivity contribution in [1.82, 2.24) is 5.32 Å². The molecule has 3 aromatic rings. The molecule has 1 heterocycles. The normalized spacial score (nSPS) is 28.3. The number of para-hydroxylation sites is 2. The fourth-order valence-electron chi connectivity index (χ4n) is 7.98. The summed E-state index contributed by atoms with van der Waals surface area (Å²) in [4.78, 5) is 44.5. The Balaban J connectivity index is 1.28. The van der Waals surface area contributed by atoms with Crippen LogP contribution in [0.1, 0.15) is 32.1 Å². The first-order valence-corrected chi connectivity index (χ1v) is 14.5. The molecule has 5 aliphatic rings. The van der Waals surface area contributed by atoms with Crippen LogP contribution in [0.3, 0.4) is 0 Å². The molecule has 4 saturated carbocycles. The average Bonchev–Trinajstić information content (AvgIpc) is 3.04. The van der Waals surface area contributed by atoms with Gasteiger partial charge in [0.1, 0.15) is 11.6 Å². The lowest BCUT2D eigenvalue weighted by Crippen LogP contribution is -2.57. The van der Waals surface area contributed by atoms with Gasteiger partial charge < -0.3 is 15.0 Å². The summed E-state index contributed by atoms with van der Waals surface area (Å²) in [6.45, 7) is 0.425. The van der Waals surface area contributed by atoms with E-state index in [0.717, 1.165) is 11.8 Å². The van der Waals surface area contributed by atoms with Crippen LogP contribution in [0.4, 0.5) is 26.2 Å². The maximum atomic E-state index is 14.8. The third-order valence-electron chi connectivity index (χ3n) is 9.50. The minimum Gasteiger partial charge on any atom is -0.410 e. The summed E-state index contributed by atoms with van der Waals surface area (Å²) in [5, 5.41) is 2.55. The second-order valence-corrected chi connectivity index (χ2v) is 12.0.